The average molecular weight is 426 g/mol. The normalized spacial score (nSPS) is 11.6. The number of rotatable bonds is 10. The standard InChI is InChI=1S/C18H23N3O5S2/c1-5-14(27-10-15(22)26-6-2)16(23)19-18-21-20-17(28-18)12-9-11(24-3)7-8-13(12)25-4/h7-9,14H,5-6,10H2,1-4H3,(H,19,21,23). The lowest BCUT2D eigenvalue weighted by Gasteiger charge is -2.12. The molecule has 10 heteroatoms. The molecule has 0 saturated carbocycles. The minimum Gasteiger partial charge on any atom is -0.497 e. The third kappa shape index (κ3) is 5.83. The van der Waals surface area contributed by atoms with E-state index in [9.17, 15) is 9.59 Å². The predicted octanol–water partition coefficient (Wildman–Crippen LogP) is 3.24. The van der Waals surface area contributed by atoms with Crippen molar-refractivity contribution in [3.63, 3.8) is 0 Å². The molecule has 1 heterocycles. The van der Waals surface area contributed by atoms with E-state index >= 15 is 0 Å². The SMILES string of the molecule is CCOC(=O)CSC(CC)C(=O)Nc1nnc(-c2cc(OC)ccc2OC)s1. The van der Waals surface area contributed by atoms with E-state index in [-0.39, 0.29) is 22.9 Å². The number of aromatic nitrogens is 2. The molecule has 0 fully saturated rings. The highest BCUT2D eigenvalue weighted by Crippen LogP contribution is 2.36. The topological polar surface area (TPSA) is 99.6 Å². The van der Waals surface area contributed by atoms with Gasteiger partial charge in [-0.2, -0.15) is 0 Å². The van der Waals surface area contributed by atoms with Crippen molar-refractivity contribution in [2.24, 2.45) is 0 Å². The molecule has 1 aromatic heterocycles. The second-order valence-electron chi connectivity index (χ2n) is 5.48. The number of carbonyl (C=O) groups excluding carboxylic acids is 2. The molecule has 8 nitrogen and oxygen atoms in total. The molecule has 2 rings (SSSR count). The summed E-state index contributed by atoms with van der Waals surface area (Å²) in [5, 5.41) is 11.5. The van der Waals surface area contributed by atoms with Crippen LogP contribution in [-0.2, 0) is 14.3 Å². The molecule has 0 spiro atoms. The summed E-state index contributed by atoms with van der Waals surface area (Å²) >= 11 is 2.48. The van der Waals surface area contributed by atoms with Gasteiger partial charge in [0.25, 0.3) is 0 Å². The second kappa shape index (κ2) is 10.9. The third-order valence-electron chi connectivity index (χ3n) is 3.66. The second-order valence-corrected chi connectivity index (χ2v) is 7.65. The average Bonchev–Trinajstić information content (AvgIpc) is 3.16. The van der Waals surface area contributed by atoms with Crippen molar-refractivity contribution in [3.8, 4) is 22.1 Å². The Labute approximate surface area is 172 Å². The summed E-state index contributed by atoms with van der Waals surface area (Å²) < 4.78 is 15.5. The maximum atomic E-state index is 12.5. The monoisotopic (exact) mass is 425 g/mol. The zero-order chi connectivity index (χ0) is 20.5. The Morgan fingerprint density at radius 3 is 2.64 bits per heavy atom. The lowest BCUT2D eigenvalue weighted by molar-refractivity contribution is -0.139. The van der Waals surface area contributed by atoms with Gasteiger partial charge in [-0.15, -0.1) is 22.0 Å². The van der Waals surface area contributed by atoms with Crippen molar-refractivity contribution in [3.05, 3.63) is 18.2 Å². The lowest BCUT2D eigenvalue weighted by Crippen LogP contribution is -2.26. The van der Waals surface area contributed by atoms with E-state index in [0.29, 0.717) is 34.7 Å². The summed E-state index contributed by atoms with van der Waals surface area (Å²) in [6.45, 7) is 3.95. The summed E-state index contributed by atoms with van der Waals surface area (Å²) in [5.74, 6) is 0.866. The molecule has 0 saturated heterocycles. The molecule has 28 heavy (non-hydrogen) atoms. The summed E-state index contributed by atoms with van der Waals surface area (Å²) in [7, 11) is 3.15. The van der Waals surface area contributed by atoms with Gasteiger partial charge in [-0.05, 0) is 31.5 Å². The number of benzene rings is 1. The van der Waals surface area contributed by atoms with Crippen molar-refractivity contribution >= 4 is 40.1 Å². The molecule has 1 N–H and O–H groups in total. The Kier molecular flexibility index (Phi) is 8.52. The van der Waals surface area contributed by atoms with Gasteiger partial charge in [0.1, 0.15) is 11.5 Å². The molecule has 152 valence electrons. The number of thioether (sulfide) groups is 1. The Bertz CT molecular complexity index is 812. The molecule has 0 bridgehead atoms. The number of carbonyl (C=O) groups is 2. The van der Waals surface area contributed by atoms with Crippen LogP contribution < -0.4 is 14.8 Å². The van der Waals surface area contributed by atoms with Crippen LogP contribution >= 0.6 is 23.1 Å². The van der Waals surface area contributed by atoms with Crippen LogP contribution in [0.1, 0.15) is 20.3 Å². The van der Waals surface area contributed by atoms with Crippen LogP contribution in [0.25, 0.3) is 10.6 Å². The van der Waals surface area contributed by atoms with Gasteiger partial charge in [0.2, 0.25) is 11.0 Å². The van der Waals surface area contributed by atoms with E-state index in [4.69, 9.17) is 14.2 Å². The highest BCUT2D eigenvalue weighted by Gasteiger charge is 2.21. The smallest absolute Gasteiger partial charge is 0.315 e. The number of esters is 1. The van der Waals surface area contributed by atoms with Crippen LogP contribution in [0.4, 0.5) is 5.13 Å². The molecule has 0 aliphatic heterocycles. The van der Waals surface area contributed by atoms with Crippen molar-refractivity contribution in [1.82, 2.24) is 10.2 Å². The Morgan fingerprint density at radius 1 is 1.21 bits per heavy atom. The first-order valence-electron chi connectivity index (χ1n) is 8.66. The molecule has 2 aromatic rings. The van der Waals surface area contributed by atoms with Gasteiger partial charge in [0.15, 0.2) is 5.01 Å². The highest BCUT2D eigenvalue weighted by molar-refractivity contribution is 8.01. The maximum Gasteiger partial charge on any atom is 0.315 e. The van der Waals surface area contributed by atoms with Crippen molar-refractivity contribution in [2.75, 3.05) is 31.9 Å². The van der Waals surface area contributed by atoms with Crippen LogP contribution in [0.2, 0.25) is 0 Å². The van der Waals surface area contributed by atoms with E-state index in [0.717, 1.165) is 5.56 Å². The van der Waals surface area contributed by atoms with Crippen molar-refractivity contribution in [2.45, 2.75) is 25.5 Å². The van der Waals surface area contributed by atoms with Gasteiger partial charge >= 0.3 is 5.97 Å². The van der Waals surface area contributed by atoms with Crippen molar-refractivity contribution < 1.29 is 23.8 Å². The van der Waals surface area contributed by atoms with Crippen LogP contribution in [0.3, 0.4) is 0 Å². The Hall–Kier alpha value is -2.33. The molecule has 1 aromatic carbocycles. The van der Waals surface area contributed by atoms with E-state index < -0.39 is 0 Å². The zero-order valence-corrected chi connectivity index (χ0v) is 17.8. The maximum absolute atomic E-state index is 12.5. The number of nitrogens with zero attached hydrogens (tertiary/aromatic N) is 2. The molecule has 0 aliphatic rings. The molecule has 1 unspecified atom stereocenters. The van der Waals surface area contributed by atoms with Crippen LogP contribution in [0.5, 0.6) is 11.5 Å². The van der Waals surface area contributed by atoms with Gasteiger partial charge in [-0.1, -0.05) is 18.3 Å². The fraction of sp³-hybridized carbons (Fsp3) is 0.444. The minimum atomic E-state index is -0.386. The summed E-state index contributed by atoms with van der Waals surface area (Å²) in [5.41, 5.74) is 0.726. The Morgan fingerprint density at radius 2 is 2.00 bits per heavy atom. The summed E-state index contributed by atoms with van der Waals surface area (Å²) in [6, 6.07) is 5.38. The number of amides is 1. The quantitative estimate of drug-likeness (QED) is 0.579. The first-order valence-corrected chi connectivity index (χ1v) is 10.5. The van der Waals surface area contributed by atoms with E-state index in [1.807, 2.05) is 6.92 Å². The zero-order valence-electron chi connectivity index (χ0n) is 16.2. The molecule has 0 radical (unpaired) electrons. The van der Waals surface area contributed by atoms with Crippen LogP contribution in [0, 0.1) is 0 Å². The van der Waals surface area contributed by atoms with Crippen molar-refractivity contribution in [1.29, 1.82) is 0 Å². The predicted molar refractivity (Wildman–Crippen MR) is 110 cm³/mol. The van der Waals surface area contributed by atoms with Crippen LogP contribution in [-0.4, -0.2) is 53.9 Å². The van der Waals surface area contributed by atoms with E-state index in [2.05, 4.69) is 15.5 Å². The van der Waals surface area contributed by atoms with Gasteiger partial charge in [0.05, 0.1) is 37.4 Å². The number of hydrogen-bond donors (Lipinski definition) is 1. The van der Waals surface area contributed by atoms with Gasteiger partial charge in [0, 0.05) is 0 Å². The van der Waals surface area contributed by atoms with Gasteiger partial charge in [-0.25, -0.2) is 0 Å². The minimum absolute atomic E-state index is 0.127. The number of methoxy groups -OCH3 is 2. The third-order valence-corrected chi connectivity index (χ3v) is 5.89. The molecule has 1 amide bonds. The largest absolute Gasteiger partial charge is 0.497 e. The fourth-order valence-electron chi connectivity index (χ4n) is 2.30. The molecular weight excluding hydrogens is 402 g/mol. The van der Waals surface area contributed by atoms with Gasteiger partial charge in [-0.3, -0.25) is 14.9 Å². The number of hydrogen-bond acceptors (Lipinski definition) is 9. The Balaban J connectivity index is 2.07. The number of ether oxygens (including phenoxy) is 3. The van der Waals surface area contributed by atoms with Gasteiger partial charge < -0.3 is 14.2 Å². The summed E-state index contributed by atoms with van der Waals surface area (Å²) in [6.07, 6.45) is 0.575. The fourth-order valence-corrected chi connectivity index (χ4v) is 3.93. The van der Waals surface area contributed by atoms with Crippen LogP contribution in [0.15, 0.2) is 18.2 Å². The number of nitrogens with one attached hydrogen (secondary N) is 1. The van der Waals surface area contributed by atoms with E-state index in [1.54, 1.807) is 39.3 Å². The molecular formula is C18H23N3O5S2. The lowest BCUT2D eigenvalue weighted by atomic mass is 10.2. The molecule has 0 aliphatic carbocycles. The molecule has 1 atom stereocenters. The first-order chi connectivity index (χ1) is 13.5. The number of anilines is 1. The highest BCUT2D eigenvalue weighted by atomic mass is 32.2. The first kappa shape index (κ1) is 22.0. The van der Waals surface area contributed by atoms with E-state index in [1.165, 1.54) is 23.1 Å². The summed E-state index contributed by atoms with van der Waals surface area (Å²) in [4.78, 5) is 24.0.